The maximum absolute atomic E-state index is 13.2. The van der Waals surface area contributed by atoms with Crippen LogP contribution in [0, 0.1) is 0 Å². The number of hydrogen-bond acceptors (Lipinski definition) is 4. The minimum atomic E-state index is -4.82. The van der Waals surface area contributed by atoms with E-state index in [1.165, 1.54) is 24.3 Å². The van der Waals surface area contributed by atoms with Gasteiger partial charge in [0, 0.05) is 5.56 Å². The van der Waals surface area contributed by atoms with Gasteiger partial charge in [-0.15, -0.1) is 0 Å². The van der Waals surface area contributed by atoms with Crippen LogP contribution in [0.25, 0.3) is 11.1 Å². The molecular weight excluding hydrogens is 273 g/mol. The third-order valence-corrected chi connectivity index (χ3v) is 2.87. The summed E-state index contributed by atoms with van der Waals surface area (Å²) in [6.45, 7) is 0. The van der Waals surface area contributed by atoms with Crippen molar-refractivity contribution in [2.24, 2.45) is 0 Å². The monoisotopic (exact) mass is 284 g/mol. The molecule has 0 heterocycles. The second-order valence-corrected chi connectivity index (χ2v) is 4.14. The number of hydrogen-bond donors (Lipinski definition) is 4. The van der Waals surface area contributed by atoms with Gasteiger partial charge in [-0.1, -0.05) is 30.3 Å². The second kappa shape index (κ2) is 4.52. The van der Waals surface area contributed by atoms with Crippen LogP contribution in [0.1, 0.15) is 5.56 Å². The minimum absolute atomic E-state index is 0.0688. The maximum Gasteiger partial charge on any atom is 0.419 e. The van der Waals surface area contributed by atoms with E-state index in [0.717, 1.165) is 0 Å². The third kappa shape index (κ3) is 2.07. The topological polar surface area (TPSA) is 92.5 Å². The fourth-order valence-corrected chi connectivity index (χ4v) is 1.94. The van der Waals surface area contributed by atoms with Gasteiger partial charge in [0.25, 0.3) is 0 Å². The molecule has 0 aromatic heterocycles. The van der Waals surface area contributed by atoms with Crippen molar-refractivity contribution in [2.45, 2.75) is 6.18 Å². The Kier molecular flexibility index (Phi) is 3.13. The molecule has 0 atom stereocenters. The van der Waals surface area contributed by atoms with Crippen molar-refractivity contribution in [3.05, 3.63) is 35.9 Å². The highest BCUT2D eigenvalue weighted by molar-refractivity contribution is 5.90. The molecule has 0 saturated heterocycles. The van der Waals surface area contributed by atoms with Crippen molar-refractivity contribution in [1.29, 1.82) is 0 Å². The number of phenolic OH excluding ortho intramolecular Hbond substituents is 2. The van der Waals surface area contributed by atoms with Crippen molar-refractivity contribution in [3.8, 4) is 22.6 Å². The minimum Gasteiger partial charge on any atom is -0.504 e. The zero-order valence-corrected chi connectivity index (χ0v) is 10.1. The number of nitrogens with two attached hydrogens (primary N) is 2. The van der Waals surface area contributed by atoms with E-state index < -0.39 is 40.2 Å². The van der Waals surface area contributed by atoms with Crippen molar-refractivity contribution < 1.29 is 23.4 Å². The van der Waals surface area contributed by atoms with Crippen LogP contribution in [0.2, 0.25) is 0 Å². The Bertz CT molecular complexity index is 655. The zero-order valence-electron chi connectivity index (χ0n) is 10.1. The largest absolute Gasteiger partial charge is 0.504 e. The normalized spacial score (nSPS) is 11.6. The summed E-state index contributed by atoms with van der Waals surface area (Å²) in [5, 5.41) is 19.4. The van der Waals surface area contributed by atoms with Crippen LogP contribution in [0.15, 0.2) is 30.3 Å². The van der Waals surface area contributed by atoms with Gasteiger partial charge >= 0.3 is 6.18 Å². The van der Waals surface area contributed by atoms with Crippen molar-refractivity contribution >= 4 is 11.4 Å². The molecule has 7 heteroatoms. The molecule has 0 aliphatic rings. The Morgan fingerprint density at radius 3 is 1.90 bits per heavy atom. The fraction of sp³-hybridized carbons (Fsp3) is 0.0769. The van der Waals surface area contributed by atoms with Crippen LogP contribution in [0.5, 0.6) is 11.5 Å². The van der Waals surface area contributed by atoms with Crippen molar-refractivity contribution in [3.63, 3.8) is 0 Å². The molecule has 106 valence electrons. The predicted octanol–water partition coefficient (Wildman–Crippen LogP) is 2.95. The first-order valence-electron chi connectivity index (χ1n) is 5.50. The highest BCUT2D eigenvalue weighted by atomic mass is 19.4. The molecule has 0 aliphatic heterocycles. The third-order valence-electron chi connectivity index (χ3n) is 2.87. The Labute approximate surface area is 112 Å². The van der Waals surface area contributed by atoms with E-state index in [4.69, 9.17) is 11.5 Å². The van der Waals surface area contributed by atoms with E-state index >= 15 is 0 Å². The highest BCUT2D eigenvalue weighted by Gasteiger charge is 2.39. The van der Waals surface area contributed by atoms with Gasteiger partial charge in [-0.2, -0.15) is 13.2 Å². The molecule has 2 aromatic carbocycles. The summed E-state index contributed by atoms with van der Waals surface area (Å²) < 4.78 is 39.5. The van der Waals surface area contributed by atoms with Gasteiger partial charge in [0.2, 0.25) is 0 Å². The Balaban J connectivity index is 2.92. The predicted molar refractivity (Wildman–Crippen MR) is 69.0 cm³/mol. The Morgan fingerprint density at radius 2 is 1.40 bits per heavy atom. The standard InChI is InChI=1S/C13H11F3N2O2/c14-13(15,16)8-7(6-4-2-1-3-5-6)11(19)12(20)10(18)9(8)17/h1-5,19-20H,17-18H2. The molecule has 0 fully saturated rings. The molecule has 20 heavy (non-hydrogen) atoms. The molecular formula is C13H11F3N2O2. The summed E-state index contributed by atoms with van der Waals surface area (Å²) in [6.07, 6.45) is -4.82. The van der Waals surface area contributed by atoms with E-state index in [9.17, 15) is 23.4 Å². The summed E-state index contributed by atoms with van der Waals surface area (Å²) in [5.41, 5.74) is 7.35. The number of anilines is 2. The summed E-state index contributed by atoms with van der Waals surface area (Å²) in [7, 11) is 0. The lowest BCUT2D eigenvalue weighted by molar-refractivity contribution is -0.136. The molecule has 0 amide bonds. The van der Waals surface area contributed by atoms with E-state index in [0.29, 0.717) is 0 Å². The lowest BCUT2D eigenvalue weighted by Crippen LogP contribution is -2.13. The molecule has 0 radical (unpaired) electrons. The van der Waals surface area contributed by atoms with Gasteiger partial charge < -0.3 is 21.7 Å². The van der Waals surface area contributed by atoms with Gasteiger partial charge in [0.15, 0.2) is 11.5 Å². The van der Waals surface area contributed by atoms with Crippen LogP contribution >= 0.6 is 0 Å². The maximum atomic E-state index is 13.2. The number of rotatable bonds is 1. The van der Waals surface area contributed by atoms with E-state index in [1.807, 2.05) is 0 Å². The lowest BCUT2D eigenvalue weighted by atomic mass is 9.95. The molecule has 0 spiro atoms. The van der Waals surface area contributed by atoms with Crippen LogP contribution in [0.4, 0.5) is 24.5 Å². The smallest absolute Gasteiger partial charge is 0.419 e. The molecule has 2 aromatic rings. The average Bonchev–Trinajstić information content (AvgIpc) is 2.39. The van der Waals surface area contributed by atoms with E-state index in [1.54, 1.807) is 6.07 Å². The van der Waals surface area contributed by atoms with Crippen molar-refractivity contribution in [2.75, 3.05) is 11.5 Å². The quantitative estimate of drug-likeness (QED) is 0.368. The molecule has 0 bridgehead atoms. The average molecular weight is 284 g/mol. The molecule has 6 N–H and O–H groups in total. The second-order valence-electron chi connectivity index (χ2n) is 4.14. The lowest BCUT2D eigenvalue weighted by Gasteiger charge is -2.19. The fourth-order valence-electron chi connectivity index (χ4n) is 1.94. The summed E-state index contributed by atoms with van der Waals surface area (Å²) in [4.78, 5) is 0. The first-order valence-corrected chi connectivity index (χ1v) is 5.50. The summed E-state index contributed by atoms with van der Waals surface area (Å²) in [6, 6.07) is 7.32. The van der Waals surface area contributed by atoms with Gasteiger partial charge in [-0.05, 0) is 5.56 Å². The molecule has 0 saturated carbocycles. The number of alkyl halides is 3. The molecule has 0 unspecified atom stereocenters. The number of nitrogen functional groups attached to an aromatic ring is 2. The number of phenols is 2. The van der Waals surface area contributed by atoms with Gasteiger partial charge in [-0.25, -0.2) is 0 Å². The number of benzene rings is 2. The Hall–Kier alpha value is -2.57. The van der Waals surface area contributed by atoms with Gasteiger partial charge in [0.1, 0.15) is 5.69 Å². The summed E-state index contributed by atoms with van der Waals surface area (Å²) in [5.74, 6) is -1.82. The van der Waals surface area contributed by atoms with E-state index in [-0.39, 0.29) is 5.56 Å². The molecule has 0 aliphatic carbocycles. The summed E-state index contributed by atoms with van der Waals surface area (Å²) >= 11 is 0. The van der Waals surface area contributed by atoms with E-state index in [2.05, 4.69) is 0 Å². The van der Waals surface area contributed by atoms with Crippen LogP contribution in [-0.2, 0) is 6.18 Å². The van der Waals surface area contributed by atoms with Crippen molar-refractivity contribution in [1.82, 2.24) is 0 Å². The highest BCUT2D eigenvalue weighted by Crippen LogP contribution is 2.52. The van der Waals surface area contributed by atoms with Gasteiger partial charge in [-0.3, -0.25) is 0 Å². The molecule has 2 rings (SSSR count). The first kappa shape index (κ1) is 13.9. The van der Waals surface area contributed by atoms with Gasteiger partial charge in [0.05, 0.1) is 11.3 Å². The Morgan fingerprint density at radius 1 is 0.850 bits per heavy atom. The van der Waals surface area contributed by atoms with Crippen LogP contribution in [0.3, 0.4) is 0 Å². The molecule has 4 nitrogen and oxygen atoms in total. The number of halogens is 3. The number of aromatic hydroxyl groups is 2. The SMILES string of the molecule is Nc1c(N)c(C(F)(F)F)c(-c2ccccc2)c(O)c1O. The zero-order chi connectivity index (χ0) is 15.1. The van der Waals surface area contributed by atoms with Crippen LogP contribution in [-0.4, -0.2) is 10.2 Å². The first-order chi connectivity index (χ1) is 9.25. The van der Waals surface area contributed by atoms with Crippen LogP contribution < -0.4 is 11.5 Å².